The van der Waals surface area contributed by atoms with Gasteiger partial charge in [-0.25, -0.2) is 13.2 Å². The van der Waals surface area contributed by atoms with Gasteiger partial charge >= 0.3 is 5.97 Å². The Bertz CT molecular complexity index is 392. The number of carboxylic acids is 1. The van der Waals surface area contributed by atoms with Crippen LogP contribution in [-0.4, -0.2) is 17.1 Å². The van der Waals surface area contributed by atoms with Crippen molar-refractivity contribution in [1.82, 2.24) is 0 Å². The molecule has 0 aliphatic carbocycles. The normalized spacial score (nSPS) is 11.8. The fourth-order valence-electron chi connectivity index (χ4n) is 1.33. The summed E-state index contributed by atoms with van der Waals surface area (Å²) in [5, 5.41) is 8.43. The first-order valence-corrected chi connectivity index (χ1v) is 4.51. The summed E-state index contributed by atoms with van der Waals surface area (Å²) in [5.74, 6) is -5.26. The molecule has 3 N–H and O–H groups in total. The molecule has 0 saturated carbocycles. The number of hydrogen-bond donors (Lipinski definition) is 2. The van der Waals surface area contributed by atoms with Crippen molar-refractivity contribution in [3.05, 3.63) is 35.1 Å². The number of aliphatic carboxylic acids is 1. The van der Waals surface area contributed by atoms with Crippen molar-refractivity contribution < 1.29 is 23.1 Å². The Kier molecular flexibility index (Phi) is 5.98. The maximum atomic E-state index is 12.8. The molecule has 0 fully saturated rings. The van der Waals surface area contributed by atoms with Crippen molar-refractivity contribution in [3.63, 3.8) is 0 Å². The molecule has 0 aromatic heterocycles. The third-order valence-electron chi connectivity index (χ3n) is 1.98. The molecule has 17 heavy (non-hydrogen) atoms. The molecule has 1 aromatic rings. The van der Waals surface area contributed by atoms with Gasteiger partial charge in [0.2, 0.25) is 0 Å². The maximum Gasteiger partial charge on any atom is 0.304 e. The lowest BCUT2D eigenvalue weighted by Gasteiger charge is -2.09. The first kappa shape index (κ1) is 15.7. The number of halogens is 4. The summed E-state index contributed by atoms with van der Waals surface area (Å²) in [6, 6.07) is 0.849. The third kappa shape index (κ3) is 4.62. The van der Waals surface area contributed by atoms with E-state index < -0.39 is 29.5 Å². The summed E-state index contributed by atoms with van der Waals surface area (Å²) in [7, 11) is 0. The summed E-state index contributed by atoms with van der Waals surface area (Å²) >= 11 is 0. The number of benzene rings is 1. The molecule has 96 valence electrons. The highest BCUT2D eigenvalue weighted by atomic mass is 35.5. The van der Waals surface area contributed by atoms with Crippen molar-refractivity contribution in [3.8, 4) is 0 Å². The third-order valence-corrected chi connectivity index (χ3v) is 1.98. The predicted octanol–water partition coefficient (Wildman–Crippen LogP) is 1.87. The van der Waals surface area contributed by atoms with E-state index in [4.69, 9.17) is 10.8 Å². The van der Waals surface area contributed by atoms with E-state index in [-0.39, 0.29) is 30.8 Å². The summed E-state index contributed by atoms with van der Waals surface area (Å²) in [6.45, 7) is 0. The fraction of sp³-hybridized carbons (Fsp3) is 0.300. The van der Waals surface area contributed by atoms with Crippen LogP contribution in [0.25, 0.3) is 0 Å². The van der Waals surface area contributed by atoms with E-state index in [1.807, 2.05) is 0 Å². The summed E-state index contributed by atoms with van der Waals surface area (Å²) < 4.78 is 38.1. The molecule has 0 spiro atoms. The zero-order valence-corrected chi connectivity index (χ0v) is 9.44. The van der Waals surface area contributed by atoms with E-state index in [2.05, 4.69) is 0 Å². The standard InChI is InChI=1S/C10H10F3NO2.ClH/c11-7-2-5(3-8(12)10(7)13)1-6(14)4-9(15)16;/h2-3,6H,1,4,14H2,(H,15,16);1H/t6-;/m1./s1. The Morgan fingerprint density at radius 1 is 1.29 bits per heavy atom. The van der Waals surface area contributed by atoms with E-state index in [0.717, 1.165) is 12.1 Å². The quantitative estimate of drug-likeness (QED) is 0.820. The average Bonchev–Trinajstić information content (AvgIpc) is 2.12. The number of carboxylic acid groups (broad SMARTS) is 1. The SMILES string of the molecule is Cl.N[C@@H](CC(=O)O)Cc1cc(F)c(F)c(F)c1. The van der Waals surface area contributed by atoms with Crippen molar-refractivity contribution in [2.75, 3.05) is 0 Å². The largest absolute Gasteiger partial charge is 0.481 e. The predicted molar refractivity (Wildman–Crippen MR) is 57.5 cm³/mol. The first-order chi connectivity index (χ1) is 7.40. The number of rotatable bonds is 4. The average molecular weight is 270 g/mol. The highest BCUT2D eigenvalue weighted by Crippen LogP contribution is 2.15. The molecular formula is C10H11ClF3NO2. The second-order valence-corrected chi connectivity index (χ2v) is 3.44. The van der Waals surface area contributed by atoms with Gasteiger partial charge in [0, 0.05) is 6.04 Å². The lowest BCUT2D eigenvalue weighted by Crippen LogP contribution is -2.26. The number of nitrogens with two attached hydrogens (primary N) is 1. The zero-order chi connectivity index (χ0) is 12.3. The van der Waals surface area contributed by atoms with Gasteiger partial charge in [-0.3, -0.25) is 4.79 Å². The van der Waals surface area contributed by atoms with Crippen LogP contribution in [0.5, 0.6) is 0 Å². The van der Waals surface area contributed by atoms with E-state index in [0.29, 0.717) is 0 Å². The minimum Gasteiger partial charge on any atom is -0.481 e. The van der Waals surface area contributed by atoms with E-state index in [1.165, 1.54) is 0 Å². The molecular weight excluding hydrogens is 259 g/mol. The van der Waals surface area contributed by atoms with Gasteiger partial charge in [-0.15, -0.1) is 12.4 Å². The van der Waals surface area contributed by atoms with Crippen molar-refractivity contribution >= 4 is 18.4 Å². The van der Waals surface area contributed by atoms with Gasteiger partial charge in [0.1, 0.15) is 0 Å². The van der Waals surface area contributed by atoms with Gasteiger partial charge in [0.15, 0.2) is 17.5 Å². The molecule has 3 nitrogen and oxygen atoms in total. The van der Waals surface area contributed by atoms with E-state index in [9.17, 15) is 18.0 Å². The van der Waals surface area contributed by atoms with Crippen LogP contribution < -0.4 is 5.73 Å². The van der Waals surface area contributed by atoms with Gasteiger partial charge in [-0.2, -0.15) is 0 Å². The molecule has 0 aliphatic rings. The number of carbonyl (C=O) groups is 1. The Balaban J connectivity index is 0.00000256. The monoisotopic (exact) mass is 269 g/mol. The van der Waals surface area contributed by atoms with Gasteiger partial charge < -0.3 is 10.8 Å². The van der Waals surface area contributed by atoms with Crippen LogP contribution in [0, 0.1) is 17.5 Å². The molecule has 0 saturated heterocycles. The van der Waals surface area contributed by atoms with Gasteiger partial charge in [-0.1, -0.05) is 0 Å². The van der Waals surface area contributed by atoms with Crippen LogP contribution in [0.15, 0.2) is 12.1 Å². The molecule has 0 radical (unpaired) electrons. The second-order valence-electron chi connectivity index (χ2n) is 3.44. The van der Waals surface area contributed by atoms with E-state index >= 15 is 0 Å². The lowest BCUT2D eigenvalue weighted by atomic mass is 10.0. The fourth-order valence-corrected chi connectivity index (χ4v) is 1.33. The van der Waals surface area contributed by atoms with Crippen molar-refractivity contribution in [1.29, 1.82) is 0 Å². The molecule has 0 amide bonds. The second kappa shape index (κ2) is 6.46. The smallest absolute Gasteiger partial charge is 0.304 e. The highest BCUT2D eigenvalue weighted by Gasteiger charge is 2.14. The van der Waals surface area contributed by atoms with Crippen molar-refractivity contribution in [2.24, 2.45) is 5.73 Å². The minimum atomic E-state index is -1.55. The van der Waals surface area contributed by atoms with Gasteiger partial charge in [-0.05, 0) is 24.1 Å². The zero-order valence-electron chi connectivity index (χ0n) is 8.62. The topological polar surface area (TPSA) is 63.3 Å². The van der Waals surface area contributed by atoms with Gasteiger partial charge in [0.05, 0.1) is 6.42 Å². The summed E-state index contributed by atoms with van der Waals surface area (Å²) in [5.41, 5.74) is 5.56. The Hall–Kier alpha value is -1.27. The highest BCUT2D eigenvalue weighted by molar-refractivity contribution is 5.85. The van der Waals surface area contributed by atoms with Crippen LogP contribution in [-0.2, 0) is 11.2 Å². The Morgan fingerprint density at radius 2 is 1.76 bits per heavy atom. The molecule has 7 heteroatoms. The molecule has 0 bridgehead atoms. The van der Waals surface area contributed by atoms with E-state index in [1.54, 1.807) is 0 Å². The summed E-state index contributed by atoms with van der Waals surface area (Å²) in [4.78, 5) is 10.3. The molecule has 1 aromatic carbocycles. The van der Waals surface area contributed by atoms with Gasteiger partial charge in [0.25, 0.3) is 0 Å². The lowest BCUT2D eigenvalue weighted by molar-refractivity contribution is -0.137. The molecule has 0 aliphatic heterocycles. The molecule has 0 heterocycles. The van der Waals surface area contributed by atoms with Crippen LogP contribution in [0.3, 0.4) is 0 Å². The van der Waals surface area contributed by atoms with Crippen LogP contribution in [0.1, 0.15) is 12.0 Å². The van der Waals surface area contributed by atoms with Crippen LogP contribution in [0.4, 0.5) is 13.2 Å². The number of hydrogen-bond acceptors (Lipinski definition) is 2. The van der Waals surface area contributed by atoms with Crippen LogP contribution in [0.2, 0.25) is 0 Å². The van der Waals surface area contributed by atoms with Crippen LogP contribution >= 0.6 is 12.4 Å². The maximum absolute atomic E-state index is 12.8. The van der Waals surface area contributed by atoms with Crippen molar-refractivity contribution in [2.45, 2.75) is 18.9 Å². The summed E-state index contributed by atoms with van der Waals surface area (Å²) in [6.07, 6.45) is -0.346. The minimum absolute atomic E-state index is 0. The first-order valence-electron chi connectivity index (χ1n) is 4.51. The molecule has 1 rings (SSSR count). The molecule has 0 unspecified atom stereocenters. The Morgan fingerprint density at radius 3 is 2.18 bits per heavy atom. The Labute approximate surface area is 102 Å². The molecule has 1 atom stereocenters.